The van der Waals surface area contributed by atoms with Crippen molar-refractivity contribution in [3.63, 3.8) is 0 Å². The molecule has 102 valence electrons. The van der Waals surface area contributed by atoms with Crippen molar-refractivity contribution in [3.8, 4) is 0 Å². The summed E-state index contributed by atoms with van der Waals surface area (Å²) in [6, 6.07) is 8.36. The van der Waals surface area contributed by atoms with Crippen molar-refractivity contribution in [3.05, 3.63) is 35.4 Å². The summed E-state index contributed by atoms with van der Waals surface area (Å²) < 4.78 is 0. The highest BCUT2D eigenvalue weighted by Crippen LogP contribution is 2.29. The van der Waals surface area contributed by atoms with Crippen LogP contribution in [0, 0.1) is 6.92 Å². The Morgan fingerprint density at radius 3 is 2.72 bits per heavy atom. The summed E-state index contributed by atoms with van der Waals surface area (Å²) in [5.74, 6) is 2.29. The predicted octanol–water partition coefficient (Wildman–Crippen LogP) is 2.72. The normalized spacial score (nSPS) is 14.4. The van der Waals surface area contributed by atoms with E-state index >= 15 is 0 Å². The third-order valence-corrected chi connectivity index (χ3v) is 4.46. The second-order valence-electron chi connectivity index (χ2n) is 4.81. The maximum absolute atomic E-state index is 9.79. The summed E-state index contributed by atoms with van der Waals surface area (Å²) in [5, 5.41) is 9.79. The van der Waals surface area contributed by atoms with E-state index in [0.29, 0.717) is 6.54 Å². The maximum Gasteiger partial charge on any atom is 0.0540 e. The number of thioether (sulfide) groups is 1. The molecule has 0 aliphatic heterocycles. The number of benzene rings is 1. The Kier molecular flexibility index (Phi) is 6.76. The lowest BCUT2D eigenvalue weighted by Gasteiger charge is -2.31. The van der Waals surface area contributed by atoms with E-state index in [-0.39, 0.29) is 12.0 Å². The van der Waals surface area contributed by atoms with Gasteiger partial charge in [-0.1, -0.05) is 36.8 Å². The number of nitrogens with two attached hydrogens (primary N) is 1. The zero-order valence-corrected chi connectivity index (χ0v) is 12.3. The Hall–Kier alpha value is -0.510. The zero-order valence-electron chi connectivity index (χ0n) is 11.5. The van der Waals surface area contributed by atoms with Crippen molar-refractivity contribution in [1.82, 2.24) is 0 Å². The first-order valence-corrected chi connectivity index (χ1v) is 7.80. The van der Waals surface area contributed by atoms with Gasteiger partial charge in [0.15, 0.2) is 0 Å². The number of aryl methyl sites for hydroxylation is 1. The highest BCUT2D eigenvalue weighted by Gasteiger charge is 2.29. The number of hydrogen-bond acceptors (Lipinski definition) is 3. The Morgan fingerprint density at radius 2 is 2.17 bits per heavy atom. The Labute approximate surface area is 115 Å². The van der Waals surface area contributed by atoms with Crippen molar-refractivity contribution < 1.29 is 5.11 Å². The molecule has 0 aliphatic carbocycles. The standard InChI is InChI=1S/C15H25NOS/c1-3-18-9-5-8-15(11-16,12-17)14-7-4-6-13(2)10-14/h4,6-7,10,17H,3,5,8-9,11-12,16H2,1-2H3. The van der Waals surface area contributed by atoms with Gasteiger partial charge in [-0.25, -0.2) is 0 Å². The first-order chi connectivity index (χ1) is 8.68. The van der Waals surface area contributed by atoms with Crippen molar-refractivity contribution in [2.24, 2.45) is 5.73 Å². The van der Waals surface area contributed by atoms with Gasteiger partial charge in [0.1, 0.15) is 0 Å². The lowest BCUT2D eigenvalue weighted by atomic mass is 9.77. The van der Waals surface area contributed by atoms with Gasteiger partial charge in [0.05, 0.1) is 6.61 Å². The predicted molar refractivity (Wildman–Crippen MR) is 81.2 cm³/mol. The van der Waals surface area contributed by atoms with E-state index in [2.05, 4.69) is 32.0 Å². The lowest BCUT2D eigenvalue weighted by Crippen LogP contribution is -2.39. The van der Waals surface area contributed by atoms with Gasteiger partial charge in [-0.05, 0) is 36.8 Å². The molecule has 1 unspecified atom stereocenters. The zero-order chi connectivity index (χ0) is 13.4. The van der Waals surface area contributed by atoms with Crippen molar-refractivity contribution in [1.29, 1.82) is 0 Å². The number of aliphatic hydroxyl groups excluding tert-OH is 1. The molecule has 1 aromatic rings. The molecule has 0 saturated carbocycles. The van der Waals surface area contributed by atoms with Gasteiger partial charge in [-0.3, -0.25) is 0 Å². The third kappa shape index (κ3) is 4.01. The van der Waals surface area contributed by atoms with Crippen molar-refractivity contribution in [2.45, 2.75) is 32.1 Å². The molecule has 1 aromatic carbocycles. The summed E-state index contributed by atoms with van der Waals surface area (Å²) in [6.45, 7) is 4.88. The Balaban J connectivity index is 2.79. The fraction of sp³-hybridized carbons (Fsp3) is 0.600. The monoisotopic (exact) mass is 267 g/mol. The fourth-order valence-electron chi connectivity index (χ4n) is 2.23. The minimum absolute atomic E-state index is 0.129. The Morgan fingerprint density at radius 1 is 1.39 bits per heavy atom. The van der Waals surface area contributed by atoms with Crippen molar-refractivity contribution >= 4 is 11.8 Å². The number of rotatable bonds is 8. The summed E-state index contributed by atoms with van der Waals surface area (Å²) >= 11 is 1.95. The van der Waals surface area contributed by atoms with Crippen LogP contribution in [0.1, 0.15) is 30.9 Å². The molecule has 0 aromatic heterocycles. The van der Waals surface area contributed by atoms with E-state index in [1.165, 1.54) is 11.1 Å². The summed E-state index contributed by atoms with van der Waals surface area (Å²) in [4.78, 5) is 0. The van der Waals surface area contributed by atoms with E-state index in [4.69, 9.17) is 5.73 Å². The summed E-state index contributed by atoms with van der Waals surface area (Å²) in [6.07, 6.45) is 2.06. The van der Waals surface area contributed by atoms with Crippen LogP contribution in [0.2, 0.25) is 0 Å². The average Bonchev–Trinajstić information content (AvgIpc) is 2.40. The van der Waals surface area contributed by atoms with Crippen LogP contribution in [0.15, 0.2) is 24.3 Å². The van der Waals surface area contributed by atoms with Gasteiger partial charge in [0.25, 0.3) is 0 Å². The molecule has 2 nitrogen and oxygen atoms in total. The molecule has 3 heteroatoms. The minimum atomic E-state index is -0.264. The fourth-order valence-corrected chi connectivity index (χ4v) is 2.87. The van der Waals surface area contributed by atoms with Crippen LogP contribution in [-0.4, -0.2) is 29.8 Å². The molecule has 0 aliphatic rings. The minimum Gasteiger partial charge on any atom is -0.395 e. The Bertz CT molecular complexity index is 350. The van der Waals surface area contributed by atoms with Crippen LogP contribution < -0.4 is 5.73 Å². The molecule has 0 fully saturated rings. The number of hydrogen-bond donors (Lipinski definition) is 2. The summed E-state index contributed by atoms with van der Waals surface area (Å²) in [5.41, 5.74) is 8.08. The van der Waals surface area contributed by atoms with E-state index in [1.54, 1.807) is 0 Å². The van der Waals surface area contributed by atoms with Gasteiger partial charge in [0, 0.05) is 12.0 Å². The van der Waals surface area contributed by atoms with Crippen LogP contribution in [0.4, 0.5) is 0 Å². The topological polar surface area (TPSA) is 46.2 Å². The first kappa shape index (κ1) is 15.5. The SMILES string of the molecule is CCSCCCC(CN)(CO)c1cccc(C)c1. The van der Waals surface area contributed by atoms with Gasteiger partial charge in [0.2, 0.25) is 0 Å². The van der Waals surface area contributed by atoms with E-state index in [0.717, 1.165) is 24.3 Å². The van der Waals surface area contributed by atoms with E-state index < -0.39 is 0 Å². The number of aliphatic hydroxyl groups is 1. The second kappa shape index (κ2) is 7.82. The van der Waals surface area contributed by atoms with Crippen LogP contribution in [0.25, 0.3) is 0 Å². The van der Waals surface area contributed by atoms with Gasteiger partial charge >= 0.3 is 0 Å². The smallest absolute Gasteiger partial charge is 0.0540 e. The molecule has 1 rings (SSSR count). The highest BCUT2D eigenvalue weighted by molar-refractivity contribution is 7.99. The van der Waals surface area contributed by atoms with Gasteiger partial charge in [-0.15, -0.1) is 0 Å². The molecule has 1 atom stereocenters. The van der Waals surface area contributed by atoms with E-state index in [9.17, 15) is 5.11 Å². The molecule has 0 radical (unpaired) electrons. The molecule has 0 saturated heterocycles. The lowest BCUT2D eigenvalue weighted by molar-refractivity contribution is 0.187. The van der Waals surface area contributed by atoms with Crippen molar-refractivity contribution in [2.75, 3.05) is 24.7 Å². The molecule has 0 spiro atoms. The first-order valence-electron chi connectivity index (χ1n) is 6.64. The molecule has 18 heavy (non-hydrogen) atoms. The molecule has 0 heterocycles. The summed E-state index contributed by atoms with van der Waals surface area (Å²) in [7, 11) is 0. The van der Waals surface area contributed by atoms with Crippen LogP contribution >= 0.6 is 11.8 Å². The van der Waals surface area contributed by atoms with Crippen LogP contribution in [-0.2, 0) is 5.41 Å². The van der Waals surface area contributed by atoms with E-state index in [1.807, 2.05) is 17.8 Å². The van der Waals surface area contributed by atoms with Crippen LogP contribution in [0.3, 0.4) is 0 Å². The maximum atomic E-state index is 9.79. The largest absolute Gasteiger partial charge is 0.395 e. The molecule has 3 N–H and O–H groups in total. The molecular formula is C15H25NOS. The van der Waals surface area contributed by atoms with Gasteiger partial charge in [-0.2, -0.15) is 11.8 Å². The molecule has 0 amide bonds. The second-order valence-corrected chi connectivity index (χ2v) is 6.21. The molecular weight excluding hydrogens is 242 g/mol. The third-order valence-electron chi connectivity index (χ3n) is 3.47. The average molecular weight is 267 g/mol. The highest BCUT2D eigenvalue weighted by atomic mass is 32.2. The van der Waals surface area contributed by atoms with Gasteiger partial charge < -0.3 is 10.8 Å². The quantitative estimate of drug-likeness (QED) is 0.712. The van der Waals surface area contributed by atoms with Crippen LogP contribution in [0.5, 0.6) is 0 Å². The molecule has 0 bridgehead atoms.